The molecular weight excluding hydrogens is 322 g/mol. The van der Waals surface area contributed by atoms with E-state index in [1.165, 1.54) is 5.69 Å². The van der Waals surface area contributed by atoms with E-state index >= 15 is 0 Å². The van der Waals surface area contributed by atoms with E-state index in [9.17, 15) is 9.59 Å². The highest BCUT2D eigenvalue weighted by Crippen LogP contribution is 2.47. The van der Waals surface area contributed by atoms with Crippen molar-refractivity contribution in [1.82, 2.24) is 10.2 Å². The van der Waals surface area contributed by atoms with Gasteiger partial charge in [-0.15, -0.1) is 11.8 Å². The number of carbonyl (C=O) groups excluding carboxylic acids is 2. The van der Waals surface area contributed by atoms with E-state index in [1.54, 1.807) is 11.8 Å². The molecule has 1 aromatic rings. The second-order valence-corrected chi connectivity index (χ2v) is 8.17. The van der Waals surface area contributed by atoms with Gasteiger partial charge in [-0.2, -0.15) is 0 Å². The highest BCUT2D eigenvalue weighted by molar-refractivity contribution is 8.01. The number of amides is 2. The van der Waals surface area contributed by atoms with Crippen molar-refractivity contribution >= 4 is 29.3 Å². The van der Waals surface area contributed by atoms with Gasteiger partial charge in [-0.3, -0.25) is 9.59 Å². The fourth-order valence-corrected chi connectivity index (χ4v) is 4.90. The lowest BCUT2D eigenvalue weighted by Crippen LogP contribution is -2.50. The van der Waals surface area contributed by atoms with Crippen molar-refractivity contribution in [3.8, 4) is 0 Å². The van der Waals surface area contributed by atoms with Gasteiger partial charge in [-0.1, -0.05) is 18.2 Å². The molecular formula is C18H25N3O2S. The van der Waals surface area contributed by atoms with Crippen molar-refractivity contribution in [2.24, 2.45) is 0 Å². The van der Waals surface area contributed by atoms with Gasteiger partial charge in [-0.05, 0) is 31.9 Å². The third-order valence-corrected chi connectivity index (χ3v) is 6.42. The fraction of sp³-hybridized carbons (Fsp3) is 0.556. The van der Waals surface area contributed by atoms with Gasteiger partial charge in [0.1, 0.15) is 6.04 Å². The van der Waals surface area contributed by atoms with E-state index in [0.29, 0.717) is 18.7 Å². The predicted octanol–water partition coefficient (Wildman–Crippen LogP) is 2.08. The Kier molecular flexibility index (Phi) is 5.04. The van der Waals surface area contributed by atoms with Gasteiger partial charge in [0.15, 0.2) is 0 Å². The van der Waals surface area contributed by atoms with Crippen LogP contribution in [0.4, 0.5) is 5.69 Å². The minimum absolute atomic E-state index is 0.0103. The summed E-state index contributed by atoms with van der Waals surface area (Å²) in [4.78, 5) is 28.4. The van der Waals surface area contributed by atoms with E-state index in [-0.39, 0.29) is 22.7 Å². The molecule has 0 radical (unpaired) electrons. The summed E-state index contributed by atoms with van der Waals surface area (Å²) in [6, 6.07) is 9.90. The molecule has 24 heavy (non-hydrogen) atoms. The minimum Gasteiger partial charge on any atom is -0.375 e. The van der Waals surface area contributed by atoms with Crippen molar-refractivity contribution in [1.29, 1.82) is 0 Å². The average Bonchev–Trinajstić information content (AvgIpc) is 3.08. The maximum Gasteiger partial charge on any atom is 0.243 e. The number of benzene rings is 1. The Balaban J connectivity index is 1.44. The standard InChI is InChI=1S/C18H25N3O2S/c1-18-10-9-16(22)21(18)15(13-24-18)17(23)19-11-6-12-20(2)14-7-4-3-5-8-14/h3-5,7-8,15H,6,9-13H2,1-2H3,(H,19,23)/t15-,18-/m0/s1. The van der Waals surface area contributed by atoms with Crippen LogP contribution in [0.25, 0.3) is 0 Å². The van der Waals surface area contributed by atoms with Crippen molar-refractivity contribution in [2.45, 2.75) is 37.1 Å². The molecule has 0 aliphatic carbocycles. The predicted molar refractivity (Wildman–Crippen MR) is 98.1 cm³/mol. The zero-order valence-corrected chi connectivity index (χ0v) is 15.1. The third-order valence-electron chi connectivity index (χ3n) is 4.91. The zero-order valence-electron chi connectivity index (χ0n) is 14.3. The Morgan fingerprint density at radius 1 is 1.42 bits per heavy atom. The number of nitrogens with zero attached hydrogens (tertiary/aromatic N) is 2. The van der Waals surface area contributed by atoms with Gasteiger partial charge >= 0.3 is 0 Å². The highest BCUT2D eigenvalue weighted by atomic mass is 32.2. The van der Waals surface area contributed by atoms with Crippen LogP contribution in [0.5, 0.6) is 0 Å². The first-order valence-corrected chi connectivity index (χ1v) is 9.50. The second-order valence-electron chi connectivity index (χ2n) is 6.67. The number of hydrogen-bond acceptors (Lipinski definition) is 4. The molecule has 2 saturated heterocycles. The van der Waals surface area contributed by atoms with Crippen LogP contribution < -0.4 is 10.2 Å². The van der Waals surface area contributed by atoms with Gasteiger partial charge < -0.3 is 15.1 Å². The summed E-state index contributed by atoms with van der Waals surface area (Å²) >= 11 is 1.73. The number of rotatable bonds is 6. The van der Waals surface area contributed by atoms with Crippen LogP contribution in [-0.2, 0) is 9.59 Å². The van der Waals surface area contributed by atoms with Gasteiger partial charge in [0.2, 0.25) is 11.8 Å². The first-order valence-electron chi connectivity index (χ1n) is 8.51. The topological polar surface area (TPSA) is 52.7 Å². The molecule has 0 saturated carbocycles. The Bertz CT molecular complexity index is 610. The summed E-state index contributed by atoms with van der Waals surface area (Å²) in [5, 5.41) is 3.01. The number of carbonyl (C=O) groups is 2. The quantitative estimate of drug-likeness (QED) is 0.801. The van der Waals surface area contributed by atoms with E-state index in [1.807, 2.05) is 23.1 Å². The lowest BCUT2D eigenvalue weighted by atomic mass is 10.2. The summed E-state index contributed by atoms with van der Waals surface area (Å²) in [5.74, 6) is 0.813. The van der Waals surface area contributed by atoms with E-state index < -0.39 is 0 Å². The van der Waals surface area contributed by atoms with E-state index in [0.717, 1.165) is 19.4 Å². The van der Waals surface area contributed by atoms with E-state index in [4.69, 9.17) is 0 Å². The molecule has 130 valence electrons. The van der Waals surface area contributed by atoms with Crippen molar-refractivity contribution < 1.29 is 9.59 Å². The van der Waals surface area contributed by atoms with Gasteiger partial charge in [0, 0.05) is 38.0 Å². The normalized spacial score (nSPS) is 25.7. The molecule has 2 fully saturated rings. The first kappa shape index (κ1) is 17.1. The van der Waals surface area contributed by atoms with Crippen molar-refractivity contribution in [3.63, 3.8) is 0 Å². The molecule has 2 aliphatic rings. The van der Waals surface area contributed by atoms with Crippen LogP contribution >= 0.6 is 11.8 Å². The van der Waals surface area contributed by atoms with Crippen LogP contribution in [0.2, 0.25) is 0 Å². The summed E-state index contributed by atoms with van der Waals surface area (Å²) in [6.45, 7) is 3.59. The van der Waals surface area contributed by atoms with Crippen LogP contribution in [0.1, 0.15) is 26.2 Å². The minimum atomic E-state index is -0.304. The van der Waals surface area contributed by atoms with Crippen LogP contribution in [0.3, 0.4) is 0 Å². The Morgan fingerprint density at radius 3 is 2.92 bits per heavy atom. The second kappa shape index (κ2) is 7.05. The molecule has 1 N–H and O–H groups in total. The van der Waals surface area contributed by atoms with Crippen LogP contribution in [0, 0.1) is 0 Å². The van der Waals surface area contributed by atoms with Crippen LogP contribution in [0.15, 0.2) is 30.3 Å². The number of para-hydroxylation sites is 1. The van der Waals surface area contributed by atoms with Crippen molar-refractivity contribution in [3.05, 3.63) is 30.3 Å². The smallest absolute Gasteiger partial charge is 0.243 e. The number of hydrogen-bond donors (Lipinski definition) is 1. The van der Waals surface area contributed by atoms with E-state index in [2.05, 4.69) is 36.3 Å². The first-order chi connectivity index (χ1) is 11.5. The molecule has 1 aromatic carbocycles. The third kappa shape index (κ3) is 3.38. The molecule has 2 amide bonds. The summed E-state index contributed by atoms with van der Waals surface area (Å²) in [7, 11) is 2.05. The summed E-state index contributed by atoms with van der Waals surface area (Å²) < 4.78 is 0. The number of fused-ring (bicyclic) bond motifs is 1. The zero-order chi connectivity index (χ0) is 17.2. The highest BCUT2D eigenvalue weighted by Gasteiger charge is 2.52. The monoisotopic (exact) mass is 347 g/mol. The largest absolute Gasteiger partial charge is 0.375 e. The summed E-state index contributed by atoms with van der Waals surface area (Å²) in [6.07, 6.45) is 2.29. The maximum absolute atomic E-state index is 12.5. The molecule has 6 heteroatoms. The molecule has 0 spiro atoms. The van der Waals surface area contributed by atoms with Gasteiger partial charge in [0.05, 0.1) is 4.87 Å². The molecule has 2 heterocycles. The molecule has 2 atom stereocenters. The Hall–Kier alpha value is -1.69. The number of anilines is 1. The Labute approximate surface area is 147 Å². The summed E-state index contributed by atoms with van der Waals surface area (Å²) in [5.41, 5.74) is 1.18. The maximum atomic E-state index is 12.5. The van der Waals surface area contributed by atoms with Gasteiger partial charge in [-0.25, -0.2) is 0 Å². The fourth-order valence-electron chi connectivity index (χ4n) is 3.47. The molecule has 2 aliphatic heterocycles. The molecule has 0 bridgehead atoms. The lowest BCUT2D eigenvalue weighted by Gasteiger charge is -2.29. The SMILES string of the molecule is CN(CCCNC(=O)[C@@H]1CS[C@@]2(C)CCC(=O)N12)c1ccccc1. The lowest BCUT2D eigenvalue weighted by molar-refractivity contribution is -0.137. The number of nitrogens with one attached hydrogen (secondary N) is 1. The number of thioether (sulfide) groups is 1. The Morgan fingerprint density at radius 2 is 2.17 bits per heavy atom. The molecule has 5 nitrogen and oxygen atoms in total. The van der Waals surface area contributed by atoms with Gasteiger partial charge in [0.25, 0.3) is 0 Å². The average molecular weight is 347 g/mol. The molecule has 0 aromatic heterocycles. The molecule has 0 unspecified atom stereocenters. The van der Waals surface area contributed by atoms with Crippen LogP contribution in [-0.4, -0.2) is 53.5 Å². The van der Waals surface area contributed by atoms with Crippen molar-refractivity contribution in [2.75, 3.05) is 30.8 Å². The molecule has 3 rings (SSSR count).